The second-order valence-electron chi connectivity index (χ2n) is 2.97. The number of para-hydroxylation sites is 2. The molecule has 78 valence electrons. The summed E-state index contributed by atoms with van der Waals surface area (Å²) >= 11 is 0. The molecule has 0 aromatic heterocycles. The molecule has 14 heavy (non-hydrogen) atoms. The molecule has 0 spiro atoms. The summed E-state index contributed by atoms with van der Waals surface area (Å²) in [7, 11) is 1.55. The normalized spacial score (nSPS) is 14.6. The number of nitrogens with two attached hydrogens (primary N) is 1. The summed E-state index contributed by atoms with van der Waals surface area (Å²) < 4.78 is 10.4. The maximum absolute atomic E-state index is 9.15. The molecular formula is C10H15NO3. The van der Waals surface area contributed by atoms with Crippen molar-refractivity contribution in [2.24, 2.45) is 5.73 Å². The highest BCUT2D eigenvalue weighted by atomic mass is 16.5. The van der Waals surface area contributed by atoms with E-state index in [9.17, 15) is 0 Å². The lowest BCUT2D eigenvalue weighted by Gasteiger charge is -2.18. The lowest BCUT2D eigenvalue weighted by Crippen LogP contribution is -2.37. The second-order valence-corrected chi connectivity index (χ2v) is 2.97. The zero-order valence-corrected chi connectivity index (χ0v) is 8.31. The van der Waals surface area contributed by atoms with Crippen LogP contribution in [0.5, 0.6) is 11.5 Å². The van der Waals surface area contributed by atoms with Crippen LogP contribution in [0.2, 0.25) is 0 Å². The first-order valence-corrected chi connectivity index (χ1v) is 4.38. The summed E-state index contributed by atoms with van der Waals surface area (Å²) in [5, 5.41) is 9.15. The number of hydrogen-bond acceptors (Lipinski definition) is 4. The Balaban J connectivity index is 2.75. The lowest BCUT2D eigenvalue weighted by atomic mass is 10.3. The van der Waals surface area contributed by atoms with Crippen molar-refractivity contribution in [2.45, 2.75) is 19.3 Å². The first-order valence-electron chi connectivity index (χ1n) is 4.38. The third-order valence-electron chi connectivity index (χ3n) is 1.81. The zero-order chi connectivity index (χ0) is 10.6. The van der Waals surface area contributed by atoms with Gasteiger partial charge in [0.2, 0.25) is 0 Å². The van der Waals surface area contributed by atoms with Crippen LogP contribution in [0.1, 0.15) is 6.92 Å². The molecule has 0 bridgehead atoms. The Kier molecular flexibility index (Phi) is 3.73. The molecule has 1 aromatic carbocycles. The maximum atomic E-state index is 9.15. The summed E-state index contributed by atoms with van der Waals surface area (Å²) in [5.41, 5.74) is 5.54. The standard InChI is InChI=1S/C10H15NO3/c1-7(12)10(11)14-9-6-4-3-5-8(9)13-2/h3-7,10,12H,11H2,1-2H3. The average Bonchev–Trinajstić information content (AvgIpc) is 2.18. The third kappa shape index (κ3) is 2.61. The van der Waals surface area contributed by atoms with Crippen LogP contribution in [0.3, 0.4) is 0 Å². The van der Waals surface area contributed by atoms with E-state index in [4.69, 9.17) is 20.3 Å². The molecule has 2 unspecified atom stereocenters. The second kappa shape index (κ2) is 4.83. The van der Waals surface area contributed by atoms with E-state index >= 15 is 0 Å². The first-order chi connectivity index (χ1) is 6.65. The molecule has 0 radical (unpaired) electrons. The van der Waals surface area contributed by atoms with E-state index in [0.717, 1.165) is 0 Å². The molecule has 1 aromatic rings. The van der Waals surface area contributed by atoms with Crippen molar-refractivity contribution in [1.82, 2.24) is 0 Å². The van der Waals surface area contributed by atoms with E-state index in [0.29, 0.717) is 11.5 Å². The van der Waals surface area contributed by atoms with Gasteiger partial charge in [-0.05, 0) is 19.1 Å². The van der Waals surface area contributed by atoms with Gasteiger partial charge in [0, 0.05) is 0 Å². The van der Waals surface area contributed by atoms with Gasteiger partial charge in [0.25, 0.3) is 0 Å². The van der Waals surface area contributed by atoms with Crippen LogP contribution in [0.4, 0.5) is 0 Å². The van der Waals surface area contributed by atoms with E-state index in [1.807, 2.05) is 12.1 Å². The van der Waals surface area contributed by atoms with Crippen LogP contribution >= 0.6 is 0 Å². The Hall–Kier alpha value is -1.26. The molecule has 2 atom stereocenters. The van der Waals surface area contributed by atoms with Crippen molar-refractivity contribution in [2.75, 3.05) is 7.11 Å². The maximum Gasteiger partial charge on any atom is 0.173 e. The highest BCUT2D eigenvalue weighted by Crippen LogP contribution is 2.26. The lowest BCUT2D eigenvalue weighted by molar-refractivity contribution is 0.0511. The number of rotatable bonds is 4. The predicted molar refractivity (Wildman–Crippen MR) is 53.3 cm³/mol. The Bertz CT molecular complexity index is 288. The molecule has 0 aliphatic heterocycles. The molecule has 1 rings (SSSR count). The predicted octanol–water partition coefficient (Wildman–Crippen LogP) is 0.740. The molecule has 0 saturated heterocycles. The van der Waals surface area contributed by atoms with Gasteiger partial charge in [-0.3, -0.25) is 5.73 Å². The van der Waals surface area contributed by atoms with Gasteiger partial charge in [0.05, 0.1) is 7.11 Å². The van der Waals surface area contributed by atoms with Crippen molar-refractivity contribution in [3.63, 3.8) is 0 Å². The molecular weight excluding hydrogens is 182 g/mol. The summed E-state index contributed by atoms with van der Waals surface area (Å²) in [6.07, 6.45) is -1.47. The minimum atomic E-state index is -0.744. The number of aliphatic hydroxyl groups excluding tert-OH is 1. The summed E-state index contributed by atoms with van der Waals surface area (Å²) in [5.74, 6) is 1.13. The Morgan fingerprint density at radius 1 is 1.29 bits per heavy atom. The van der Waals surface area contributed by atoms with Crippen LogP contribution in [0, 0.1) is 0 Å². The number of methoxy groups -OCH3 is 1. The SMILES string of the molecule is COc1ccccc1OC(N)C(C)O. The Labute approximate surface area is 83.3 Å². The molecule has 3 N–H and O–H groups in total. The topological polar surface area (TPSA) is 64.7 Å². The molecule has 0 aliphatic carbocycles. The van der Waals surface area contributed by atoms with Gasteiger partial charge < -0.3 is 14.6 Å². The van der Waals surface area contributed by atoms with Gasteiger partial charge >= 0.3 is 0 Å². The minimum absolute atomic E-state index is 0.531. The van der Waals surface area contributed by atoms with Crippen molar-refractivity contribution in [3.8, 4) is 11.5 Å². The molecule has 0 heterocycles. The fourth-order valence-corrected chi connectivity index (χ4v) is 0.961. The number of aliphatic hydroxyl groups is 1. The van der Waals surface area contributed by atoms with Crippen molar-refractivity contribution >= 4 is 0 Å². The Morgan fingerprint density at radius 3 is 2.36 bits per heavy atom. The monoisotopic (exact) mass is 197 g/mol. The van der Waals surface area contributed by atoms with E-state index in [1.54, 1.807) is 26.2 Å². The van der Waals surface area contributed by atoms with Gasteiger partial charge in [-0.15, -0.1) is 0 Å². The fraction of sp³-hybridized carbons (Fsp3) is 0.400. The van der Waals surface area contributed by atoms with Crippen LogP contribution in [0.25, 0.3) is 0 Å². The van der Waals surface area contributed by atoms with E-state index in [-0.39, 0.29) is 0 Å². The van der Waals surface area contributed by atoms with Crippen LogP contribution in [0.15, 0.2) is 24.3 Å². The first kappa shape index (κ1) is 10.8. The highest BCUT2D eigenvalue weighted by molar-refractivity contribution is 5.39. The zero-order valence-electron chi connectivity index (χ0n) is 8.31. The van der Waals surface area contributed by atoms with Crippen LogP contribution < -0.4 is 15.2 Å². The number of ether oxygens (including phenoxy) is 2. The minimum Gasteiger partial charge on any atom is -0.493 e. The molecule has 4 nitrogen and oxygen atoms in total. The smallest absolute Gasteiger partial charge is 0.173 e. The number of benzene rings is 1. The fourth-order valence-electron chi connectivity index (χ4n) is 0.961. The van der Waals surface area contributed by atoms with Crippen molar-refractivity contribution < 1.29 is 14.6 Å². The summed E-state index contributed by atoms with van der Waals surface area (Å²) in [6, 6.07) is 7.15. The molecule has 0 fully saturated rings. The van der Waals surface area contributed by atoms with E-state index in [1.165, 1.54) is 0 Å². The summed E-state index contributed by atoms with van der Waals surface area (Å²) in [4.78, 5) is 0. The van der Waals surface area contributed by atoms with Gasteiger partial charge in [0.15, 0.2) is 17.7 Å². The van der Waals surface area contributed by atoms with Crippen LogP contribution in [-0.2, 0) is 0 Å². The number of hydrogen-bond donors (Lipinski definition) is 2. The largest absolute Gasteiger partial charge is 0.493 e. The van der Waals surface area contributed by atoms with E-state index < -0.39 is 12.3 Å². The molecule has 0 aliphatic rings. The van der Waals surface area contributed by atoms with Gasteiger partial charge in [-0.1, -0.05) is 12.1 Å². The molecule has 4 heteroatoms. The molecule has 0 amide bonds. The highest BCUT2D eigenvalue weighted by Gasteiger charge is 2.12. The van der Waals surface area contributed by atoms with Gasteiger partial charge in [-0.25, -0.2) is 0 Å². The Morgan fingerprint density at radius 2 is 1.86 bits per heavy atom. The molecule has 0 saturated carbocycles. The summed E-state index contributed by atoms with van der Waals surface area (Å²) in [6.45, 7) is 1.57. The average molecular weight is 197 g/mol. The quantitative estimate of drug-likeness (QED) is 0.699. The van der Waals surface area contributed by atoms with Crippen LogP contribution in [-0.4, -0.2) is 24.5 Å². The van der Waals surface area contributed by atoms with E-state index in [2.05, 4.69) is 0 Å². The van der Waals surface area contributed by atoms with Crippen molar-refractivity contribution in [1.29, 1.82) is 0 Å². The van der Waals surface area contributed by atoms with Crippen molar-refractivity contribution in [3.05, 3.63) is 24.3 Å². The van der Waals surface area contributed by atoms with Gasteiger partial charge in [-0.2, -0.15) is 0 Å². The third-order valence-corrected chi connectivity index (χ3v) is 1.81. The van der Waals surface area contributed by atoms with Gasteiger partial charge in [0.1, 0.15) is 6.10 Å².